The molecule has 0 saturated carbocycles. The van der Waals surface area contributed by atoms with Crippen LogP contribution >= 0.6 is 24.2 Å². The molecular formula is C10H11ClF3NO2S. The number of hydrogen-bond acceptors (Lipinski definition) is 4. The fourth-order valence-corrected chi connectivity index (χ4v) is 1.92. The van der Waals surface area contributed by atoms with E-state index in [2.05, 4.69) is 4.74 Å². The van der Waals surface area contributed by atoms with E-state index in [-0.39, 0.29) is 34.6 Å². The quantitative estimate of drug-likeness (QED) is 0.689. The van der Waals surface area contributed by atoms with Gasteiger partial charge in [0.1, 0.15) is 6.04 Å². The average Bonchev–Trinajstić information content (AvgIpc) is 2.25. The summed E-state index contributed by atoms with van der Waals surface area (Å²) in [6.45, 7) is 0. The van der Waals surface area contributed by atoms with Crippen molar-refractivity contribution in [2.75, 3.05) is 7.11 Å². The maximum atomic E-state index is 12.3. The first-order chi connectivity index (χ1) is 7.85. The van der Waals surface area contributed by atoms with Gasteiger partial charge in [-0.15, -0.1) is 12.4 Å². The van der Waals surface area contributed by atoms with Crippen molar-refractivity contribution in [2.45, 2.75) is 16.4 Å². The first-order valence-electron chi connectivity index (χ1n) is 4.53. The summed E-state index contributed by atoms with van der Waals surface area (Å²) in [6, 6.07) is 4.37. The Morgan fingerprint density at radius 2 is 1.94 bits per heavy atom. The Kier molecular flexibility index (Phi) is 6.51. The van der Waals surface area contributed by atoms with Crippen LogP contribution in [0.15, 0.2) is 29.2 Å². The molecule has 1 aromatic rings. The lowest BCUT2D eigenvalue weighted by molar-refractivity contribution is -0.142. The highest BCUT2D eigenvalue weighted by molar-refractivity contribution is 8.00. The summed E-state index contributed by atoms with van der Waals surface area (Å²) in [5.41, 5.74) is 1.19. The Morgan fingerprint density at radius 3 is 2.44 bits per heavy atom. The zero-order chi connectivity index (χ0) is 13.1. The van der Waals surface area contributed by atoms with Crippen LogP contribution in [-0.2, 0) is 9.53 Å². The predicted octanol–water partition coefficient (Wildman–Crippen LogP) is 2.89. The first-order valence-corrected chi connectivity index (χ1v) is 5.35. The topological polar surface area (TPSA) is 52.3 Å². The van der Waals surface area contributed by atoms with E-state index in [1.165, 1.54) is 24.3 Å². The zero-order valence-electron chi connectivity index (χ0n) is 9.23. The summed E-state index contributed by atoms with van der Waals surface area (Å²) in [6.07, 6.45) is 0. The number of nitrogens with two attached hydrogens (primary N) is 1. The van der Waals surface area contributed by atoms with Gasteiger partial charge >= 0.3 is 11.5 Å². The van der Waals surface area contributed by atoms with Crippen LogP contribution in [0.1, 0.15) is 11.6 Å². The van der Waals surface area contributed by atoms with Crippen molar-refractivity contribution in [3.8, 4) is 0 Å². The first kappa shape index (κ1) is 17.1. The van der Waals surface area contributed by atoms with Crippen LogP contribution in [0.4, 0.5) is 13.2 Å². The molecular weight excluding hydrogens is 291 g/mol. The smallest absolute Gasteiger partial charge is 0.446 e. The highest BCUT2D eigenvalue weighted by Gasteiger charge is 2.32. The van der Waals surface area contributed by atoms with E-state index >= 15 is 0 Å². The van der Waals surface area contributed by atoms with E-state index in [4.69, 9.17) is 5.73 Å². The summed E-state index contributed by atoms with van der Waals surface area (Å²) >= 11 is -0.304. The Bertz CT molecular complexity index is 414. The minimum Gasteiger partial charge on any atom is -0.468 e. The molecule has 0 aromatic heterocycles. The van der Waals surface area contributed by atoms with Gasteiger partial charge in [0.05, 0.1) is 7.11 Å². The number of esters is 1. The fourth-order valence-electron chi connectivity index (χ4n) is 1.21. The summed E-state index contributed by atoms with van der Waals surface area (Å²) < 4.78 is 41.2. The molecule has 18 heavy (non-hydrogen) atoms. The third-order valence-electron chi connectivity index (χ3n) is 1.93. The Morgan fingerprint density at radius 1 is 1.39 bits per heavy atom. The van der Waals surface area contributed by atoms with Gasteiger partial charge in [0.15, 0.2) is 0 Å². The van der Waals surface area contributed by atoms with Crippen LogP contribution in [0.25, 0.3) is 0 Å². The normalized spacial score (nSPS) is 12.5. The molecule has 0 radical (unpaired) electrons. The second-order valence-corrected chi connectivity index (χ2v) is 4.19. The molecule has 2 N–H and O–H groups in total. The molecule has 0 heterocycles. The van der Waals surface area contributed by atoms with Crippen molar-refractivity contribution in [1.82, 2.24) is 0 Å². The van der Waals surface area contributed by atoms with E-state index in [0.29, 0.717) is 0 Å². The highest BCUT2D eigenvalue weighted by Crippen LogP contribution is 2.39. The summed E-state index contributed by atoms with van der Waals surface area (Å²) in [7, 11) is 1.13. The monoisotopic (exact) mass is 301 g/mol. The molecule has 0 spiro atoms. The number of carbonyl (C=O) groups excluding carboxylic acids is 1. The van der Waals surface area contributed by atoms with Gasteiger partial charge in [-0.05, 0) is 23.4 Å². The summed E-state index contributed by atoms with van der Waals surface area (Å²) in [5, 5.41) is 0. The second kappa shape index (κ2) is 6.86. The molecule has 0 amide bonds. The van der Waals surface area contributed by atoms with Crippen molar-refractivity contribution in [3.63, 3.8) is 0 Å². The Hall–Kier alpha value is -0.920. The number of methoxy groups -OCH3 is 1. The highest BCUT2D eigenvalue weighted by atomic mass is 35.5. The SMILES string of the molecule is COC(=O)C(N)c1ccccc1SC(F)(F)F.Cl. The second-order valence-electron chi connectivity index (χ2n) is 3.09. The molecule has 1 aromatic carbocycles. The van der Waals surface area contributed by atoms with E-state index in [1.807, 2.05) is 0 Å². The zero-order valence-corrected chi connectivity index (χ0v) is 10.9. The van der Waals surface area contributed by atoms with Gasteiger partial charge in [-0.25, -0.2) is 0 Å². The van der Waals surface area contributed by atoms with Crippen molar-refractivity contribution < 1.29 is 22.7 Å². The predicted molar refractivity (Wildman–Crippen MR) is 64.5 cm³/mol. The number of thioether (sulfide) groups is 1. The minimum atomic E-state index is -4.42. The molecule has 8 heteroatoms. The van der Waals surface area contributed by atoms with Gasteiger partial charge in [-0.1, -0.05) is 18.2 Å². The standard InChI is InChI=1S/C10H10F3NO2S.ClH/c1-16-9(15)8(14)6-4-2-3-5-7(6)17-10(11,12)13;/h2-5,8H,14H2,1H3;1H. The number of halogens is 4. The van der Waals surface area contributed by atoms with Crippen molar-refractivity contribution in [1.29, 1.82) is 0 Å². The van der Waals surface area contributed by atoms with Crippen molar-refractivity contribution >= 4 is 30.1 Å². The van der Waals surface area contributed by atoms with E-state index in [1.54, 1.807) is 0 Å². The number of rotatable bonds is 3. The third-order valence-corrected chi connectivity index (χ3v) is 2.76. The van der Waals surface area contributed by atoms with Gasteiger partial charge in [-0.2, -0.15) is 13.2 Å². The number of ether oxygens (including phenoxy) is 1. The summed E-state index contributed by atoms with van der Waals surface area (Å²) in [4.78, 5) is 11.1. The third kappa shape index (κ3) is 4.75. The molecule has 1 atom stereocenters. The molecule has 0 bridgehead atoms. The van der Waals surface area contributed by atoms with E-state index < -0.39 is 17.5 Å². The van der Waals surface area contributed by atoms with Crippen LogP contribution in [0.3, 0.4) is 0 Å². The van der Waals surface area contributed by atoms with Gasteiger partial charge < -0.3 is 10.5 Å². The van der Waals surface area contributed by atoms with E-state index in [9.17, 15) is 18.0 Å². The maximum Gasteiger partial charge on any atom is 0.446 e. The minimum absolute atomic E-state index is 0. The lowest BCUT2D eigenvalue weighted by Crippen LogP contribution is -2.23. The van der Waals surface area contributed by atoms with E-state index in [0.717, 1.165) is 7.11 Å². The molecule has 0 aliphatic carbocycles. The van der Waals surface area contributed by atoms with Gasteiger partial charge in [0.2, 0.25) is 0 Å². The van der Waals surface area contributed by atoms with Gasteiger partial charge in [-0.3, -0.25) is 4.79 Å². The molecule has 0 fully saturated rings. The maximum absolute atomic E-state index is 12.3. The van der Waals surface area contributed by atoms with Crippen LogP contribution < -0.4 is 5.73 Å². The van der Waals surface area contributed by atoms with Gasteiger partial charge in [0.25, 0.3) is 0 Å². The van der Waals surface area contributed by atoms with Crippen molar-refractivity contribution in [3.05, 3.63) is 29.8 Å². The van der Waals surface area contributed by atoms with Crippen LogP contribution in [0.2, 0.25) is 0 Å². The lowest BCUT2D eigenvalue weighted by atomic mass is 10.1. The number of alkyl halides is 3. The number of benzene rings is 1. The van der Waals surface area contributed by atoms with Crippen LogP contribution in [0, 0.1) is 0 Å². The molecule has 102 valence electrons. The Labute approximate surface area is 112 Å². The number of carbonyl (C=O) groups is 1. The van der Waals surface area contributed by atoms with Crippen LogP contribution in [0.5, 0.6) is 0 Å². The fraction of sp³-hybridized carbons (Fsp3) is 0.300. The van der Waals surface area contributed by atoms with Crippen molar-refractivity contribution in [2.24, 2.45) is 5.73 Å². The molecule has 0 aliphatic rings. The average molecular weight is 302 g/mol. The molecule has 1 rings (SSSR count). The molecule has 0 aliphatic heterocycles. The molecule has 1 unspecified atom stereocenters. The largest absolute Gasteiger partial charge is 0.468 e. The van der Waals surface area contributed by atoms with Gasteiger partial charge in [0, 0.05) is 4.90 Å². The number of hydrogen-bond donors (Lipinski definition) is 1. The summed E-state index contributed by atoms with van der Waals surface area (Å²) in [5.74, 6) is -0.778. The molecule has 3 nitrogen and oxygen atoms in total. The molecule has 0 saturated heterocycles. The Balaban J connectivity index is 0.00000289. The lowest BCUT2D eigenvalue weighted by Gasteiger charge is -2.14. The van der Waals surface area contributed by atoms with Crippen LogP contribution in [-0.4, -0.2) is 18.6 Å².